The highest BCUT2D eigenvalue weighted by atomic mass is 32.2. The van der Waals surface area contributed by atoms with Crippen molar-refractivity contribution in [2.24, 2.45) is 22.9 Å². The SMILES string of the molecule is CSCC[C@H](N)C(=O)O[C@H](C)[C@H](N)C(=O)OC[C@H](N)C(=O)OC(=O)[C@H](C)N. The predicted octanol–water partition coefficient (Wildman–Crippen LogP) is -2.39. The lowest BCUT2D eigenvalue weighted by atomic mass is 10.2. The van der Waals surface area contributed by atoms with Crippen LogP contribution in [0.2, 0.25) is 0 Å². The molecule has 0 fully saturated rings. The van der Waals surface area contributed by atoms with E-state index >= 15 is 0 Å². The molecule has 156 valence electrons. The van der Waals surface area contributed by atoms with E-state index in [4.69, 9.17) is 32.4 Å². The van der Waals surface area contributed by atoms with Gasteiger partial charge in [0.25, 0.3) is 0 Å². The third kappa shape index (κ3) is 9.68. The summed E-state index contributed by atoms with van der Waals surface area (Å²) in [5.74, 6) is -3.02. The standard InChI is InChI=1S/C15H28N4O7S/c1-7(16)12(20)26-14(22)10(18)6-24-15(23)11(19)8(2)25-13(21)9(17)4-5-27-3/h7-11H,4-6,16-19H2,1-3H3/t7-,8+,9-,10-,11-/m0/s1. The highest BCUT2D eigenvalue weighted by molar-refractivity contribution is 7.98. The lowest BCUT2D eigenvalue weighted by molar-refractivity contribution is -0.163. The van der Waals surface area contributed by atoms with E-state index in [9.17, 15) is 19.2 Å². The molecular weight excluding hydrogens is 380 g/mol. The first kappa shape index (κ1) is 25.3. The van der Waals surface area contributed by atoms with Crippen molar-refractivity contribution in [3.8, 4) is 0 Å². The number of nitrogens with two attached hydrogens (primary N) is 4. The molecule has 0 aromatic heterocycles. The van der Waals surface area contributed by atoms with Gasteiger partial charge in [0, 0.05) is 0 Å². The van der Waals surface area contributed by atoms with Crippen molar-refractivity contribution in [3.63, 3.8) is 0 Å². The van der Waals surface area contributed by atoms with Crippen LogP contribution in [0.5, 0.6) is 0 Å². The summed E-state index contributed by atoms with van der Waals surface area (Å²) >= 11 is 1.53. The van der Waals surface area contributed by atoms with E-state index in [0.29, 0.717) is 12.2 Å². The zero-order valence-electron chi connectivity index (χ0n) is 15.6. The quantitative estimate of drug-likeness (QED) is 0.161. The molecule has 8 N–H and O–H groups in total. The summed E-state index contributed by atoms with van der Waals surface area (Å²) in [6.07, 6.45) is 1.29. The van der Waals surface area contributed by atoms with Crippen LogP contribution in [0.15, 0.2) is 0 Å². The van der Waals surface area contributed by atoms with Crippen LogP contribution >= 0.6 is 11.8 Å². The Morgan fingerprint density at radius 1 is 0.889 bits per heavy atom. The molecule has 0 aromatic carbocycles. The summed E-state index contributed by atoms with van der Waals surface area (Å²) in [5, 5.41) is 0. The van der Waals surface area contributed by atoms with Crippen molar-refractivity contribution in [2.75, 3.05) is 18.6 Å². The minimum absolute atomic E-state index is 0.420. The second kappa shape index (κ2) is 12.6. The van der Waals surface area contributed by atoms with Gasteiger partial charge >= 0.3 is 23.9 Å². The summed E-state index contributed by atoms with van der Waals surface area (Å²) in [7, 11) is 0. The zero-order valence-corrected chi connectivity index (χ0v) is 16.4. The van der Waals surface area contributed by atoms with Crippen LogP contribution in [-0.4, -0.2) is 72.8 Å². The van der Waals surface area contributed by atoms with Crippen LogP contribution in [0.4, 0.5) is 0 Å². The molecule has 12 heteroatoms. The number of hydrogen-bond donors (Lipinski definition) is 4. The summed E-state index contributed by atoms with van der Waals surface area (Å²) in [6.45, 7) is 2.15. The summed E-state index contributed by atoms with van der Waals surface area (Å²) < 4.78 is 14.2. The van der Waals surface area contributed by atoms with Crippen molar-refractivity contribution >= 4 is 35.6 Å². The first-order valence-corrected chi connectivity index (χ1v) is 9.54. The molecule has 0 aliphatic rings. The molecule has 0 amide bonds. The molecule has 11 nitrogen and oxygen atoms in total. The Hall–Kier alpha value is -1.73. The Kier molecular flexibility index (Phi) is 11.8. The van der Waals surface area contributed by atoms with Gasteiger partial charge in [-0.15, -0.1) is 0 Å². The Labute approximate surface area is 161 Å². The summed E-state index contributed by atoms with van der Waals surface area (Å²) in [6, 6.07) is -4.54. The van der Waals surface area contributed by atoms with Gasteiger partial charge in [0.2, 0.25) is 0 Å². The van der Waals surface area contributed by atoms with E-state index in [2.05, 4.69) is 4.74 Å². The molecule has 0 saturated carbocycles. The fourth-order valence-electron chi connectivity index (χ4n) is 1.50. The Bertz CT molecular complexity index is 532. The van der Waals surface area contributed by atoms with Crippen LogP contribution in [0.3, 0.4) is 0 Å². The summed E-state index contributed by atoms with van der Waals surface area (Å²) in [5.41, 5.74) is 22.1. The van der Waals surface area contributed by atoms with Crippen LogP contribution in [0.25, 0.3) is 0 Å². The molecule has 0 heterocycles. The van der Waals surface area contributed by atoms with Crippen LogP contribution in [0.1, 0.15) is 20.3 Å². The lowest BCUT2D eigenvalue weighted by Gasteiger charge is -2.21. The van der Waals surface area contributed by atoms with Gasteiger partial charge in [-0.2, -0.15) is 11.8 Å². The van der Waals surface area contributed by atoms with E-state index < -0.39 is 60.8 Å². The predicted molar refractivity (Wildman–Crippen MR) is 98.2 cm³/mol. The summed E-state index contributed by atoms with van der Waals surface area (Å²) in [4.78, 5) is 46.5. The van der Waals surface area contributed by atoms with Gasteiger partial charge in [-0.25, -0.2) is 9.59 Å². The van der Waals surface area contributed by atoms with E-state index in [0.717, 1.165) is 0 Å². The number of esters is 4. The van der Waals surface area contributed by atoms with Gasteiger partial charge in [0.05, 0.1) is 0 Å². The first-order valence-electron chi connectivity index (χ1n) is 8.15. The molecule has 0 rings (SSSR count). The Balaban J connectivity index is 4.41. The molecule has 0 aliphatic carbocycles. The van der Waals surface area contributed by atoms with E-state index in [-0.39, 0.29) is 0 Å². The number of ether oxygens (including phenoxy) is 3. The molecule has 0 aromatic rings. The van der Waals surface area contributed by atoms with Gasteiger partial charge in [-0.3, -0.25) is 9.59 Å². The number of thioether (sulfide) groups is 1. The third-order valence-corrected chi connectivity index (χ3v) is 3.94. The van der Waals surface area contributed by atoms with Gasteiger partial charge < -0.3 is 37.1 Å². The molecule has 0 spiro atoms. The van der Waals surface area contributed by atoms with Crippen molar-refractivity contribution in [1.29, 1.82) is 0 Å². The molecule has 0 aliphatic heterocycles. The molecule has 0 unspecified atom stereocenters. The van der Waals surface area contributed by atoms with Gasteiger partial charge in [0.1, 0.15) is 36.9 Å². The van der Waals surface area contributed by atoms with Crippen LogP contribution in [-0.2, 0) is 33.4 Å². The minimum atomic E-state index is -1.40. The molecular formula is C15H28N4O7S. The monoisotopic (exact) mass is 408 g/mol. The largest absolute Gasteiger partial charge is 0.462 e. The highest BCUT2D eigenvalue weighted by Gasteiger charge is 2.29. The average Bonchev–Trinajstić information content (AvgIpc) is 2.62. The Morgan fingerprint density at radius 3 is 2.00 bits per heavy atom. The van der Waals surface area contributed by atoms with E-state index in [1.165, 1.54) is 25.6 Å². The van der Waals surface area contributed by atoms with Crippen molar-refractivity contribution < 1.29 is 33.4 Å². The van der Waals surface area contributed by atoms with Crippen molar-refractivity contribution in [3.05, 3.63) is 0 Å². The van der Waals surface area contributed by atoms with E-state index in [1.54, 1.807) is 0 Å². The normalized spacial score (nSPS) is 16.4. The van der Waals surface area contributed by atoms with Gasteiger partial charge in [0.15, 0.2) is 0 Å². The second-order valence-electron chi connectivity index (χ2n) is 5.82. The van der Waals surface area contributed by atoms with Gasteiger partial charge in [-0.1, -0.05) is 0 Å². The average molecular weight is 408 g/mol. The van der Waals surface area contributed by atoms with Crippen molar-refractivity contribution in [1.82, 2.24) is 0 Å². The fourth-order valence-corrected chi connectivity index (χ4v) is 1.99. The maximum atomic E-state index is 11.9. The number of hydrogen-bond acceptors (Lipinski definition) is 12. The first-order chi connectivity index (χ1) is 12.5. The highest BCUT2D eigenvalue weighted by Crippen LogP contribution is 2.05. The van der Waals surface area contributed by atoms with Gasteiger partial charge in [-0.05, 0) is 32.3 Å². The second-order valence-corrected chi connectivity index (χ2v) is 6.81. The fraction of sp³-hybridized carbons (Fsp3) is 0.733. The number of rotatable bonds is 11. The maximum absolute atomic E-state index is 11.9. The topological polar surface area (TPSA) is 200 Å². The molecule has 0 bridgehead atoms. The molecule has 27 heavy (non-hydrogen) atoms. The smallest absolute Gasteiger partial charge is 0.334 e. The van der Waals surface area contributed by atoms with E-state index in [1.807, 2.05) is 6.26 Å². The minimum Gasteiger partial charge on any atom is -0.462 e. The van der Waals surface area contributed by atoms with Crippen molar-refractivity contribution in [2.45, 2.75) is 50.5 Å². The Morgan fingerprint density at radius 2 is 1.48 bits per heavy atom. The number of carbonyl (C=O) groups excluding carboxylic acids is 4. The van der Waals surface area contributed by atoms with Crippen LogP contribution < -0.4 is 22.9 Å². The number of carbonyl (C=O) groups is 4. The van der Waals surface area contributed by atoms with Crippen LogP contribution in [0, 0.1) is 0 Å². The molecule has 0 saturated heterocycles. The molecule has 0 radical (unpaired) electrons. The zero-order chi connectivity index (χ0) is 21.1. The lowest BCUT2D eigenvalue weighted by Crippen LogP contribution is -2.48. The maximum Gasteiger partial charge on any atom is 0.334 e. The molecule has 5 atom stereocenters. The third-order valence-electron chi connectivity index (χ3n) is 3.30.